The zero-order chi connectivity index (χ0) is 7.90. The van der Waals surface area contributed by atoms with E-state index >= 15 is 0 Å². The van der Waals surface area contributed by atoms with Gasteiger partial charge in [-0.05, 0) is 38.4 Å². The van der Waals surface area contributed by atoms with Crippen LogP contribution in [0.15, 0.2) is 0 Å². The van der Waals surface area contributed by atoms with Crippen molar-refractivity contribution in [2.24, 2.45) is 5.41 Å². The van der Waals surface area contributed by atoms with Crippen LogP contribution in [0.1, 0.15) is 12.8 Å². The molecule has 2 heterocycles. The first kappa shape index (κ1) is 8.26. The van der Waals surface area contributed by atoms with Crippen LogP contribution in [-0.4, -0.2) is 41.2 Å². The zero-order valence-corrected chi connectivity index (χ0v) is 9.17. The Balaban J connectivity index is 1.88. The number of halogens is 1. The normalized spacial score (nSPS) is 32.2. The lowest BCUT2D eigenvalue weighted by molar-refractivity contribution is 0.0237. The minimum absolute atomic E-state index is 0.730. The Bertz CT molecular complexity index is 144. The Hall–Kier alpha value is 0.650. The highest BCUT2D eigenvalue weighted by Gasteiger charge is 2.43. The van der Waals surface area contributed by atoms with Crippen LogP contribution in [0.5, 0.6) is 0 Å². The second-order valence-electron chi connectivity index (χ2n) is 4.08. The lowest BCUT2D eigenvalue weighted by Crippen LogP contribution is -2.56. The molecule has 0 aromatic rings. The first-order valence-electron chi connectivity index (χ1n) is 4.30. The molecule has 0 aromatic heterocycles. The van der Waals surface area contributed by atoms with Crippen molar-refractivity contribution in [3.8, 4) is 0 Å². The molecule has 2 rings (SSSR count). The summed E-state index contributed by atoms with van der Waals surface area (Å²) in [6.45, 7) is 5.29. The van der Waals surface area contributed by atoms with Crippen molar-refractivity contribution in [3.63, 3.8) is 0 Å². The van der Waals surface area contributed by atoms with E-state index in [2.05, 4.69) is 37.9 Å². The third kappa shape index (κ3) is 1.55. The Morgan fingerprint density at radius 3 is 2.18 bits per heavy atom. The van der Waals surface area contributed by atoms with E-state index in [0.29, 0.717) is 0 Å². The molecule has 11 heavy (non-hydrogen) atoms. The first-order valence-corrected chi connectivity index (χ1v) is 5.26. The molecule has 0 unspecified atom stereocenters. The second kappa shape index (κ2) is 2.85. The summed E-state index contributed by atoms with van der Waals surface area (Å²) < 4.78 is 2.41. The van der Waals surface area contributed by atoms with Crippen molar-refractivity contribution in [1.29, 1.82) is 0 Å². The zero-order valence-electron chi connectivity index (χ0n) is 7.02. The van der Waals surface area contributed by atoms with Gasteiger partial charge in [0.2, 0.25) is 0 Å². The Morgan fingerprint density at radius 1 is 1.18 bits per heavy atom. The van der Waals surface area contributed by atoms with Gasteiger partial charge in [-0.15, -0.1) is 0 Å². The summed E-state index contributed by atoms with van der Waals surface area (Å²) in [4.78, 5) is 2.45. The summed E-state index contributed by atoms with van der Waals surface area (Å²) in [6, 6.07) is 0. The summed E-state index contributed by atoms with van der Waals surface area (Å²) in [5.74, 6) is 0. The molecular formula is C8H15IN2. The Morgan fingerprint density at radius 2 is 1.73 bits per heavy atom. The fourth-order valence-corrected chi connectivity index (χ4v) is 3.54. The molecule has 0 N–H and O–H groups in total. The number of rotatable bonds is 0. The van der Waals surface area contributed by atoms with E-state index in [1.165, 1.54) is 39.0 Å². The molecule has 0 atom stereocenters. The molecule has 0 amide bonds. The topological polar surface area (TPSA) is 6.48 Å². The molecule has 2 saturated heterocycles. The van der Waals surface area contributed by atoms with Gasteiger partial charge in [-0.25, -0.2) is 3.11 Å². The van der Waals surface area contributed by atoms with Crippen molar-refractivity contribution in [2.75, 3.05) is 33.2 Å². The van der Waals surface area contributed by atoms with Crippen LogP contribution >= 0.6 is 22.9 Å². The monoisotopic (exact) mass is 266 g/mol. The number of likely N-dealkylation sites (tertiary alicyclic amines) is 1. The SMILES string of the molecule is CN1CCC2(CC1)CN(I)C2. The number of nitrogens with zero attached hydrogens (tertiary/aromatic N) is 2. The highest BCUT2D eigenvalue weighted by atomic mass is 127. The van der Waals surface area contributed by atoms with Crippen molar-refractivity contribution in [2.45, 2.75) is 12.8 Å². The van der Waals surface area contributed by atoms with Crippen molar-refractivity contribution < 1.29 is 0 Å². The lowest BCUT2D eigenvalue weighted by Gasteiger charge is -2.51. The summed E-state index contributed by atoms with van der Waals surface area (Å²) >= 11 is 2.43. The third-order valence-electron chi connectivity index (χ3n) is 3.06. The van der Waals surface area contributed by atoms with Gasteiger partial charge in [0.05, 0.1) is 0 Å². The largest absolute Gasteiger partial charge is 0.306 e. The van der Waals surface area contributed by atoms with Crippen LogP contribution in [-0.2, 0) is 0 Å². The Labute approximate surface area is 82.4 Å². The van der Waals surface area contributed by atoms with E-state index in [0.717, 1.165) is 5.41 Å². The molecule has 2 aliphatic rings. The first-order chi connectivity index (χ1) is 5.20. The summed E-state index contributed by atoms with van der Waals surface area (Å²) in [5, 5.41) is 0. The van der Waals surface area contributed by atoms with Gasteiger partial charge in [0.15, 0.2) is 0 Å². The summed E-state index contributed by atoms with van der Waals surface area (Å²) in [5.41, 5.74) is 0.730. The standard InChI is InChI=1S/C8H15IN2/c1-10-4-2-8(3-5-10)6-11(9)7-8/h2-7H2,1H3. The van der Waals surface area contributed by atoms with E-state index in [4.69, 9.17) is 0 Å². The van der Waals surface area contributed by atoms with Gasteiger partial charge in [0.1, 0.15) is 0 Å². The maximum Gasteiger partial charge on any atom is 0.0201 e. The minimum Gasteiger partial charge on any atom is -0.306 e. The van der Waals surface area contributed by atoms with Gasteiger partial charge >= 0.3 is 0 Å². The molecule has 0 saturated carbocycles. The molecule has 0 aliphatic carbocycles. The number of hydrogen-bond donors (Lipinski definition) is 0. The number of piperidine rings is 1. The fraction of sp³-hybridized carbons (Fsp3) is 1.00. The van der Waals surface area contributed by atoms with E-state index in [9.17, 15) is 0 Å². The molecule has 0 radical (unpaired) electrons. The molecular weight excluding hydrogens is 251 g/mol. The highest BCUT2D eigenvalue weighted by molar-refractivity contribution is 14.1. The molecule has 0 bridgehead atoms. The summed E-state index contributed by atoms with van der Waals surface area (Å²) in [7, 11) is 2.23. The second-order valence-corrected chi connectivity index (χ2v) is 5.45. The van der Waals surface area contributed by atoms with Gasteiger partial charge in [-0.3, -0.25) is 0 Å². The van der Waals surface area contributed by atoms with Gasteiger partial charge in [-0.1, -0.05) is 0 Å². The van der Waals surface area contributed by atoms with E-state index in [-0.39, 0.29) is 0 Å². The number of hydrogen-bond acceptors (Lipinski definition) is 2. The van der Waals surface area contributed by atoms with E-state index in [1.807, 2.05) is 0 Å². The van der Waals surface area contributed by atoms with Gasteiger partial charge < -0.3 is 4.90 Å². The van der Waals surface area contributed by atoms with Crippen LogP contribution < -0.4 is 0 Å². The van der Waals surface area contributed by atoms with Crippen molar-refractivity contribution in [1.82, 2.24) is 8.01 Å². The molecule has 1 spiro atoms. The predicted octanol–water partition coefficient (Wildman–Crippen LogP) is 1.36. The van der Waals surface area contributed by atoms with Gasteiger partial charge in [0.25, 0.3) is 0 Å². The van der Waals surface area contributed by atoms with E-state index in [1.54, 1.807) is 0 Å². The quantitative estimate of drug-likeness (QED) is 0.482. The predicted molar refractivity (Wildman–Crippen MR) is 54.8 cm³/mol. The highest BCUT2D eigenvalue weighted by Crippen LogP contribution is 2.41. The molecule has 64 valence electrons. The molecule has 2 nitrogen and oxygen atoms in total. The Kier molecular flexibility index (Phi) is 2.14. The van der Waals surface area contributed by atoms with Crippen LogP contribution in [0.4, 0.5) is 0 Å². The lowest BCUT2D eigenvalue weighted by atomic mass is 9.74. The molecule has 2 aliphatic heterocycles. The molecule has 0 aromatic carbocycles. The van der Waals surface area contributed by atoms with Crippen molar-refractivity contribution >= 4 is 22.9 Å². The minimum atomic E-state index is 0.730. The third-order valence-corrected chi connectivity index (χ3v) is 3.74. The van der Waals surface area contributed by atoms with Crippen molar-refractivity contribution in [3.05, 3.63) is 0 Å². The molecule has 2 fully saturated rings. The van der Waals surface area contributed by atoms with Crippen LogP contribution in [0.3, 0.4) is 0 Å². The fourth-order valence-electron chi connectivity index (χ4n) is 2.09. The van der Waals surface area contributed by atoms with E-state index < -0.39 is 0 Å². The van der Waals surface area contributed by atoms with Crippen LogP contribution in [0.25, 0.3) is 0 Å². The maximum atomic E-state index is 2.45. The van der Waals surface area contributed by atoms with Crippen LogP contribution in [0.2, 0.25) is 0 Å². The summed E-state index contributed by atoms with van der Waals surface area (Å²) in [6.07, 6.45) is 2.84. The maximum absolute atomic E-state index is 2.45. The average molecular weight is 266 g/mol. The smallest absolute Gasteiger partial charge is 0.0201 e. The van der Waals surface area contributed by atoms with Gasteiger partial charge in [-0.2, -0.15) is 0 Å². The average Bonchev–Trinajstić information content (AvgIpc) is 1.92. The van der Waals surface area contributed by atoms with Gasteiger partial charge in [0, 0.05) is 36.0 Å². The molecule has 3 heteroatoms. The van der Waals surface area contributed by atoms with Crippen LogP contribution in [0, 0.1) is 5.41 Å².